The Morgan fingerprint density at radius 2 is 2.05 bits per heavy atom. The predicted octanol–water partition coefficient (Wildman–Crippen LogP) is 5.35. The first-order valence-corrected chi connectivity index (χ1v) is 12.6. The van der Waals surface area contributed by atoms with Gasteiger partial charge in [0.05, 0.1) is 17.0 Å². The van der Waals surface area contributed by atoms with Crippen LogP contribution in [-0.2, 0) is 23.3 Å². The lowest BCUT2D eigenvalue weighted by Crippen LogP contribution is -2.46. The van der Waals surface area contributed by atoms with Crippen molar-refractivity contribution in [2.45, 2.75) is 38.8 Å². The van der Waals surface area contributed by atoms with E-state index in [0.29, 0.717) is 17.1 Å². The van der Waals surface area contributed by atoms with Crippen molar-refractivity contribution < 1.29 is 9.18 Å². The summed E-state index contributed by atoms with van der Waals surface area (Å²) in [6.07, 6.45) is 8.31. The Balaban J connectivity index is 1.54. The van der Waals surface area contributed by atoms with Gasteiger partial charge in [-0.2, -0.15) is 10.4 Å². The minimum atomic E-state index is -0.597. The molecule has 0 spiro atoms. The van der Waals surface area contributed by atoms with Gasteiger partial charge in [0, 0.05) is 34.9 Å². The van der Waals surface area contributed by atoms with Crippen molar-refractivity contribution in [3.05, 3.63) is 89.7 Å². The van der Waals surface area contributed by atoms with Crippen LogP contribution in [0.1, 0.15) is 37.1 Å². The lowest BCUT2D eigenvalue weighted by Gasteiger charge is -2.45. The summed E-state index contributed by atoms with van der Waals surface area (Å²) in [5.41, 5.74) is 5.39. The second-order valence-electron chi connectivity index (χ2n) is 10.2. The van der Waals surface area contributed by atoms with Crippen LogP contribution >= 0.6 is 0 Å². The van der Waals surface area contributed by atoms with E-state index in [2.05, 4.69) is 23.0 Å². The standard InChI is InChI=1S/C30H25FN6O/c1-18-24-8-7-23-27(25-10-11-33-17-35-25)36-37(29(23)30(24,2)13-22(15-32)28(18)38)26-9-6-21(16-34-26)20-5-3-4-19(12-20)14-31/h3-6,9-13,16-18,24H,7-8,14H2,1-2H3/t18-,24-,30-/m1/s1. The lowest BCUT2D eigenvalue weighted by molar-refractivity contribution is -0.121. The number of hydrogen-bond acceptors (Lipinski definition) is 6. The molecule has 0 radical (unpaired) electrons. The van der Waals surface area contributed by atoms with E-state index >= 15 is 0 Å². The second-order valence-corrected chi connectivity index (χ2v) is 10.2. The Hall–Kier alpha value is -4.51. The van der Waals surface area contributed by atoms with E-state index < -0.39 is 12.1 Å². The Bertz CT molecular complexity index is 1620. The molecule has 2 aliphatic rings. The molecular formula is C30H25FN6O. The van der Waals surface area contributed by atoms with Gasteiger partial charge in [-0.15, -0.1) is 0 Å². The first-order valence-electron chi connectivity index (χ1n) is 12.6. The Labute approximate surface area is 219 Å². The number of allylic oxidation sites excluding steroid dienone is 2. The van der Waals surface area contributed by atoms with Crippen molar-refractivity contribution in [3.63, 3.8) is 0 Å². The van der Waals surface area contributed by atoms with E-state index in [-0.39, 0.29) is 23.2 Å². The summed E-state index contributed by atoms with van der Waals surface area (Å²) < 4.78 is 15.0. The highest BCUT2D eigenvalue weighted by atomic mass is 19.1. The van der Waals surface area contributed by atoms with Gasteiger partial charge in [-0.1, -0.05) is 38.1 Å². The zero-order chi connectivity index (χ0) is 26.4. The number of Topliss-reactive ketones (excluding diaryl/α,β-unsaturated/α-hetero) is 1. The number of rotatable bonds is 4. The molecule has 0 fully saturated rings. The van der Waals surface area contributed by atoms with E-state index in [0.717, 1.165) is 40.9 Å². The molecule has 3 atom stereocenters. The number of fused-ring (bicyclic) bond motifs is 3. The molecule has 0 saturated carbocycles. The van der Waals surface area contributed by atoms with E-state index in [1.54, 1.807) is 18.5 Å². The van der Waals surface area contributed by atoms with Gasteiger partial charge in [-0.25, -0.2) is 24.0 Å². The summed E-state index contributed by atoms with van der Waals surface area (Å²) in [5, 5.41) is 14.8. The maximum absolute atomic E-state index is 13.2. The van der Waals surface area contributed by atoms with Crippen molar-refractivity contribution in [3.8, 4) is 34.4 Å². The number of aromatic nitrogens is 5. The highest BCUT2D eigenvalue weighted by molar-refractivity contribution is 6.02. The molecule has 0 amide bonds. The normalized spacial score (nSPS) is 22.3. The average molecular weight is 505 g/mol. The number of nitrogens with zero attached hydrogens (tertiary/aromatic N) is 6. The van der Waals surface area contributed by atoms with E-state index in [1.165, 1.54) is 6.33 Å². The molecule has 0 saturated heterocycles. The maximum atomic E-state index is 13.2. The summed E-state index contributed by atoms with van der Waals surface area (Å²) in [6.45, 7) is 3.49. The average Bonchev–Trinajstić information content (AvgIpc) is 3.37. The zero-order valence-corrected chi connectivity index (χ0v) is 21.1. The molecule has 188 valence electrons. The summed E-state index contributed by atoms with van der Waals surface area (Å²) in [5.74, 6) is 0.261. The predicted molar refractivity (Wildman–Crippen MR) is 140 cm³/mol. The second kappa shape index (κ2) is 9.10. The van der Waals surface area contributed by atoms with Gasteiger partial charge in [0.25, 0.3) is 0 Å². The molecule has 1 aromatic carbocycles. The molecule has 4 aromatic rings. The molecule has 0 bridgehead atoms. The molecule has 8 heteroatoms. The third-order valence-electron chi connectivity index (χ3n) is 8.02. The van der Waals surface area contributed by atoms with Crippen LogP contribution in [0.5, 0.6) is 0 Å². The molecule has 38 heavy (non-hydrogen) atoms. The monoisotopic (exact) mass is 504 g/mol. The number of nitriles is 1. The number of ketones is 1. The number of benzene rings is 1. The molecule has 0 aliphatic heterocycles. The Morgan fingerprint density at radius 1 is 1.18 bits per heavy atom. The van der Waals surface area contributed by atoms with Crippen molar-refractivity contribution >= 4 is 5.78 Å². The van der Waals surface area contributed by atoms with E-state index in [9.17, 15) is 14.4 Å². The highest BCUT2D eigenvalue weighted by Gasteiger charge is 2.51. The molecule has 0 unspecified atom stereocenters. The molecule has 3 heterocycles. The van der Waals surface area contributed by atoms with Crippen LogP contribution in [0, 0.1) is 23.2 Å². The fraction of sp³-hybridized carbons (Fsp3) is 0.267. The minimum Gasteiger partial charge on any atom is -0.293 e. The molecule has 6 rings (SSSR count). The quantitative estimate of drug-likeness (QED) is 0.372. The van der Waals surface area contributed by atoms with Crippen LogP contribution in [0.25, 0.3) is 28.3 Å². The van der Waals surface area contributed by atoms with Crippen LogP contribution in [-0.4, -0.2) is 30.5 Å². The van der Waals surface area contributed by atoms with Crippen LogP contribution in [0.4, 0.5) is 4.39 Å². The number of halogens is 1. The van der Waals surface area contributed by atoms with Gasteiger partial charge in [-0.3, -0.25) is 4.79 Å². The van der Waals surface area contributed by atoms with Crippen molar-refractivity contribution in [1.29, 1.82) is 5.26 Å². The van der Waals surface area contributed by atoms with Gasteiger partial charge in [-0.05, 0) is 54.2 Å². The van der Waals surface area contributed by atoms with Crippen molar-refractivity contribution in [2.24, 2.45) is 11.8 Å². The number of carbonyl (C=O) groups is 1. The third-order valence-corrected chi connectivity index (χ3v) is 8.02. The fourth-order valence-corrected chi connectivity index (χ4v) is 6.17. The third kappa shape index (κ3) is 3.66. The van der Waals surface area contributed by atoms with Crippen molar-refractivity contribution in [1.82, 2.24) is 24.7 Å². The molecule has 2 aliphatic carbocycles. The number of carbonyl (C=O) groups excluding carboxylic acids is 1. The fourth-order valence-electron chi connectivity index (χ4n) is 6.17. The smallest absolute Gasteiger partial charge is 0.176 e. The van der Waals surface area contributed by atoms with Crippen LogP contribution < -0.4 is 0 Å². The molecule has 3 aromatic heterocycles. The number of alkyl halides is 1. The van der Waals surface area contributed by atoms with Crippen LogP contribution in [0.15, 0.2) is 72.8 Å². The van der Waals surface area contributed by atoms with Gasteiger partial charge in [0.2, 0.25) is 0 Å². The molecular weight excluding hydrogens is 479 g/mol. The first kappa shape index (κ1) is 23.9. The minimum absolute atomic E-state index is 0.0241. The SMILES string of the molecule is C[C@H]1C(=O)C(C#N)=C[C@@]2(C)c3c(c(-c4ccncn4)nn3-c3ccc(-c4cccc(CF)c4)cn3)CC[C@H]12. The summed E-state index contributed by atoms with van der Waals surface area (Å²) >= 11 is 0. The van der Waals surface area contributed by atoms with Gasteiger partial charge in [0.1, 0.15) is 24.8 Å². The van der Waals surface area contributed by atoms with Crippen LogP contribution in [0.2, 0.25) is 0 Å². The van der Waals surface area contributed by atoms with Gasteiger partial charge < -0.3 is 0 Å². The first-order chi connectivity index (χ1) is 18.4. The number of hydrogen-bond donors (Lipinski definition) is 0. The summed E-state index contributed by atoms with van der Waals surface area (Å²) in [6, 6.07) is 15.1. The molecule has 7 nitrogen and oxygen atoms in total. The largest absolute Gasteiger partial charge is 0.293 e. The van der Waals surface area contributed by atoms with Gasteiger partial charge in [0.15, 0.2) is 11.6 Å². The summed E-state index contributed by atoms with van der Waals surface area (Å²) in [4.78, 5) is 26.2. The topological polar surface area (TPSA) is 97.4 Å². The van der Waals surface area contributed by atoms with Gasteiger partial charge >= 0.3 is 0 Å². The van der Waals surface area contributed by atoms with E-state index in [1.807, 2.05) is 54.1 Å². The lowest BCUT2D eigenvalue weighted by atomic mass is 9.58. The Kier molecular flexibility index (Phi) is 5.72. The Morgan fingerprint density at radius 3 is 2.76 bits per heavy atom. The van der Waals surface area contributed by atoms with E-state index in [4.69, 9.17) is 10.1 Å². The highest BCUT2D eigenvalue weighted by Crippen LogP contribution is 2.51. The zero-order valence-electron chi connectivity index (χ0n) is 21.1. The maximum Gasteiger partial charge on any atom is 0.176 e. The molecule has 0 N–H and O–H groups in total. The van der Waals surface area contributed by atoms with Crippen LogP contribution in [0.3, 0.4) is 0 Å². The number of pyridine rings is 1. The van der Waals surface area contributed by atoms with Crippen molar-refractivity contribution in [2.75, 3.05) is 0 Å². The summed E-state index contributed by atoms with van der Waals surface area (Å²) in [7, 11) is 0.